The molecule has 4 nitrogen and oxygen atoms in total. The van der Waals surface area contributed by atoms with E-state index in [2.05, 4.69) is 23.0 Å². The van der Waals surface area contributed by atoms with E-state index in [1.54, 1.807) is 0 Å². The van der Waals surface area contributed by atoms with Crippen LogP contribution in [0.5, 0.6) is 0 Å². The van der Waals surface area contributed by atoms with Crippen LogP contribution in [0.15, 0.2) is 24.3 Å². The van der Waals surface area contributed by atoms with Crippen LogP contribution in [0.4, 0.5) is 0 Å². The van der Waals surface area contributed by atoms with Crippen molar-refractivity contribution in [2.75, 3.05) is 0 Å². The van der Waals surface area contributed by atoms with Gasteiger partial charge in [-0.15, -0.1) is 0 Å². The molecule has 2 saturated carbocycles. The molecule has 0 saturated heterocycles. The molecule has 0 aliphatic heterocycles. The van der Waals surface area contributed by atoms with Gasteiger partial charge in [-0.3, -0.25) is 9.59 Å². The summed E-state index contributed by atoms with van der Waals surface area (Å²) in [5.41, 5.74) is 2.96. The molecule has 1 heterocycles. The molecule has 164 valence electrons. The number of rotatable bonds is 4. The highest BCUT2D eigenvalue weighted by molar-refractivity contribution is 6.26. The van der Waals surface area contributed by atoms with Crippen LogP contribution in [0.2, 0.25) is 0 Å². The molecule has 0 atom stereocenters. The van der Waals surface area contributed by atoms with Crippen LogP contribution in [0.25, 0.3) is 0 Å². The summed E-state index contributed by atoms with van der Waals surface area (Å²) in [5, 5.41) is 0. The van der Waals surface area contributed by atoms with Gasteiger partial charge in [-0.1, -0.05) is 56.9 Å². The lowest BCUT2D eigenvalue weighted by Crippen LogP contribution is -2.43. The van der Waals surface area contributed by atoms with Crippen molar-refractivity contribution < 1.29 is 14.2 Å². The van der Waals surface area contributed by atoms with Gasteiger partial charge in [-0.25, -0.2) is 9.13 Å². The molecule has 1 aromatic heterocycles. The van der Waals surface area contributed by atoms with Crippen molar-refractivity contribution in [1.82, 2.24) is 4.57 Å². The molecule has 3 aliphatic carbocycles. The van der Waals surface area contributed by atoms with E-state index < -0.39 is 0 Å². The van der Waals surface area contributed by atoms with E-state index in [0.717, 1.165) is 38.1 Å². The maximum absolute atomic E-state index is 13.7. The third-order valence-corrected chi connectivity index (χ3v) is 8.35. The van der Waals surface area contributed by atoms with Crippen LogP contribution in [-0.2, 0) is 6.54 Å². The van der Waals surface area contributed by atoms with E-state index in [1.807, 2.05) is 24.3 Å². The minimum Gasteiger partial charge on any atom is -0.284 e. The minimum atomic E-state index is 0.0164. The average molecular weight is 420 g/mol. The lowest BCUT2D eigenvalue weighted by molar-refractivity contribution is -0.704. The largest absolute Gasteiger partial charge is 0.284 e. The van der Waals surface area contributed by atoms with Gasteiger partial charge in [0.05, 0.1) is 6.54 Å². The molecular formula is C27H35N2O2+. The molecule has 0 unspecified atom stereocenters. The summed E-state index contributed by atoms with van der Waals surface area (Å²) in [6, 6.07) is 7.68. The van der Waals surface area contributed by atoms with Crippen LogP contribution >= 0.6 is 0 Å². The topological polar surface area (TPSA) is 43.0 Å². The smallest absolute Gasteiger partial charge is 0.254 e. The number of carbonyl (C=O) groups excluding carboxylic acids is 2. The minimum absolute atomic E-state index is 0.0164. The molecule has 1 spiro atoms. The number of nitrogens with zero attached hydrogens (tertiary/aromatic N) is 2. The van der Waals surface area contributed by atoms with Crippen LogP contribution in [-0.4, -0.2) is 16.1 Å². The zero-order valence-corrected chi connectivity index (χ0v) is 19.1. The first-order valence-corrected chi connectivity index (χ1v) is 12.4. The molecular weight excluding hydrogens is 384 g/mol. The fourth-order valence-corrected chi connectivity index (χ4v) is 6.59. The predicted octanol–water partition coefficient (Wildman–Crippen LogP) is 5.73. The monoisotopic (exact) mass is 419 g/mol. The maximum Gasteiger partial charge on any atom is 0.254 e. The zero-order chi connectivity index (χ0) is 21.6. The van der Waals surface area contributed by atoms with Crippen molar-refractivity contribution >= 4 is 11.6 Å². The standard InChI is InChI=1S/C27H35N2O2/c1-3-4-18-28-19(2)29(20-12-16-27(17-13-20)14-8-5-9-15-27)24-23(28)25(30)21-10-6-7-11-22(21)26(24)31/h6-7,10-11,20H,3-5,8-9,12-18H2,1-2H3/q+1. The lowest BCUT2D eigenvalue weighted by atomic mass is 9.64. The van der Waals surface area contributed by atoms with Crippen molar-refractivity contribution in [2.24, 2.45) is 5.41 Å². The maximum atomic E-state index is 13.7. The summed E-state index contributed by atoms with van der Waals surface area (Å²) in [5.74, 6) is 1.13. The summed E-state index contributed by atoms with van der Waals surface area (Å²) in [6.07, 6.45) is 13.8. The number of unbranched alkanes of at least 4 members (excludes halogenated alkanes) is 1. The Kier molecular flexibility index (Phi) is 5.35. The first-order valence-electron chi connectivity index (χ1n) is 12.4. The van der Waals surface area contributed by atoms with Crippen LogP contribution in [0, 0.1) is 12.3 Å². The highest BCUT2D eigenvalue weighted by Gasteiger charge is 2.46. The number of aromatic nitrogens is 2. The number of fused-ring (bicyclic) bond motifs is 2. The number of hydrogen-bond acceptors (Lipinski definition) is 2. The van der Waals surface area contributed by atoms with E-state index in [1.165, 1.54) is 44.9 Å². The van der Waals surface area contributed by atoms with Crippen molar-refractivity contribution in [1.29, 1.82) is 0 Å². The molecule has 2 fully saturated rings. The molecule has 31 heavy (non-hydrogen) atoms. The van der Waals surface area contributed by atoms with E-state index >= 15 is 0 Å². The summed E-state index contributed by atoms with van der Waals surface area (Å²) in [4.78, 5) is 27.2. The Labute approximate surface area is 185 Å². The lowest BCUT2D eigenvalue weighted by Gasteiger charge is -2.42. The highest BCUT2D eigenvalue weighted by Crippen LogP contribution is 2.50. The Morgan fingerprint density at radius 3 is 2.26 bits per heavy atom. The second-order valence-corrected chi connectivity index (χ2v) is 10.1. The van der Waals surface area contributed by atoms with Gasteiger partial charge < -0.3 is 0 Å². The van der Waals surface area contributed by atoms with Gasteiger partial charge >= 0.3 is 0 Å². The molecule has 5 rings (SSSR count). The molecule has 4 heteroatoms. The molecule has 0 N–H and O–H groups in total. The first-order chi connectivity index (χ1) is 15.1. The van der Waals surface area contributed by atoms with Crippen molar-refractivity contribution in [3.05, 3.63) is 52.6 Å². The Balaban J connectivity index is 1.56. The van der Waals surface area contributed by atoms with Crippen molar-refractivity contribution in [3.8, 4) is 0 Å². The predicted molar refractivity (Wildman–Crippen MR) is 121 cm³/mol. The molecule has 0 bridgehead atoms. The molecule has 1 aromatic carbocycles. The van der Waals surface area contributed by atoms with Gasteiger partial charge in [-0.05, 0) is 50.4 Å². The summed E-state index contributed by atoms with van der Waals surface area (Å²) in [7, 11) is 0. The van der Waals surface area contributed by atoms with Gasteiger partial charge in [0.2, 0.25) is 23.0 Å². The Bertz CT molecular complexity index is 1020. The second kappa shape index (κ2) is 8.03. The fraction of sp³-hybridized carbons (Fsp3) is 0.593. The van der Waals surface area contributed by atoms with Crippen LogP contribution < -0.4 is 4.57 Å². The van der Waals surface area contributed by atoms with Crippen molar-refractivity contribution in [3.63, 3.8) is 0 Å². The molecule has 0 amide bonds. The third kappa shape index (κ3) is 3.30. The summed E-state index contributed by atoms with van der Waals surface area (Å²) >= 11 is 0. The third-order valence-electron chi connectivity index (χ3n) is 8.35. The first kappa shape index (κ1) is 20.7. The van der Waals surface area contributed by atoms with E-state index in [9.17, 15) is 9.59 Å². The van der Waals surface area contributed by atoms with Crippen LogP contribution in [0.1, 0.15) is 122 Å². The van der Waals surface area contributed by atoms with Gasteiger partial charge in [0.25, 0.3) is 5.82 Å². The fourth-order valence-electron chi connectivity index (χ4n) is 6.59. The number of benzene rings is 1. The van der Waals surface area contributed by atoms with E-state index in [0.29, 0.717) is 34.0 Å². The van der Waals surface area contributed by atoms with Gasteiger partial charge in [0.1, 0.15) is 6.04 Å². The second-order valence-electron chi connectivity index (χ2n) is 10.1. The average Bonchev–Trinajstić information content (AvgIpc) is 3.09. The van der Waals surface area contributed by atoms with E-state index in [-0.39, 0.29) is 11.6 Å². The number of carbonyl (C=O) groups is 2. The SMILES string of the molecule is CCCC[n+]1c2c(n(C3CCC4(CCCCC4)CC3)c1C)C(=O)c1ccccc1C2=O. The summed E-state index contributed by atoms with van der Waals surface area (Å²) < 4.78 is 4.43. The highest BCUT2D eigenvalue weighted by atomic mass is 16.1. The van der Waals surface area contributed by atoms with Gasteiger partial charge in [0.15, 0.2) is 0 Å². The molecule has 2 aromatic rings. The quantitative estimate of drug-likeness (QED) is 0.507. The number of hydrogen-bond donors (Lipinski definition) is 0. The Morgan fingerprint density at radius 2 is 1.61 bits per heavy atom. The Morgan fingerprint density at radius 1 is 0.968 bits per heavy atom. The molecule has 0 radical (unpaired) electrons. The molecule has 3 aliphatic rings. The van der Waals surface area contributed by atoms with Gasteiger partial charge in [0, 0.05) is 18.1 Å². The number of ketones is 2. The van der Waals surface area contributed by atoms with E-state index in [4.69, 9.17) is 0 Å². The summed E-state index contributed by atoms with van der Waals surface area (Å²) in [6.45, 7) is 5.09. The van der Waals surface area contributed by atoms with Crippen molar-refractivity contribution in [2.45, 2.75) is 97.1 Å². The Hall–Kier alpha value is -2.23. The zero-order valence-electron chi connectivity index (χ0n) is 19.1. The normalized spacial score (nSPS) is 20.7. The van der Waals surface area contributed by atoms with Crippen LogP contribution in [0.3, 0.4) is 0 Å². The van der Waals surface area contributed by atoms with Gasteiger partial charge in [-0.2, -0.15) is 0 Å². The number of imidazole rings is 1.